The number of pyridine rings is 1. The summed E-state index contributed by atoms with van der Waals surface area (Å²) < 4.78 is 1.35. The quantitative estimate of drug-likeness (QED) is 0.730. The number of H-pyrrole nitrogens is 1. The first-order valence-electron chi connectivity index (χ1n) is 8.46. The van der Waals surface area contributed by atoms with E-state index in [-0.39, 0.29) is 23.2 Å². The molecular weight excluding hydrogens is 330 g/mol. The Morgan fingerprint density at radius 3 is 2.42 bits per heavy atom. The number of benzene rings is 1. The van der Waals surface area contributed by atoms with Gasteiger partial charge in [-0.1, -0.05) is 24.3 Å². The van der Waals surface area contributed by atoms with Crippen molar-refractivity contribution < 1.29 is 0 Å². The van der Waals surface area contributed by atoms with Crippen LogP contribution in [0.3, 0.4) is 0 Å². The number of nitrogens with one attached hydrogen (secondary N) is 2. The van der Waals surface area contributed by atoms with Crippen LogP contribution in [0.15, 0.2) is 52.2 Å². The molecule has 0 saturated heterocycles. The van der Waals surface area contributed by atoms with Gasteiger partial charge in [0.25, 0.3) is 5.56 Å². The molecule has 0 aliphatic carbocycles. The third kappa shape index (κ3) is 3.39. The molecule has 0 aliphatic heterocycles. The predicted molar refractivity (Wildman–Crippen MR) is 104 cm³/mol. The van der Waals surface area contributed by atoms with Crippen LogP contribution in [0, 0.1) is 0 Å². The first kappa shape index (κ1) is 17.9. The molecule has 2 atom stereocenters. The molecule has 136 valence electrons. The summed E-state index contributed by atoms with van der Waals surface area (Å²) in [7, 11) is 5.62. The summed E-state index contributed by atoms with van der Waals surface area (Å²) in [4.78, 5) is 28.5. The molecule has 0 saturated carbocycles. The van der Waals surface area contributed by atoms with Crippen LogP contribution in [0.25, 0.3) is 10.8 Å². The number of nitrogens with zero attached hydrogens (tertiary/aromatic N) is 3. The fourth-order valence-electron chi connectivity index (χ4n) is 3.34. The second kappa shape index (κ2) is 7.13. The highest BCUT2D eigenvalue weighted by Crippen LogP contribution is 2.25. The van der Waals surface area contributed by atoms with Crippen LogP contribution < -0.4 is 16.4 Å². The van der Waals surface area contributed by atoms with Gasteiger partial charge in [0.15, 0.2) is 5.82 Å². The van der Waals surface area contributed by atoms with Crippen molar-refractivity contribution in [2.24, 2.45) is 7.05 Å². The van der Waals surface area contributed by atoms with Gasteiger partial charge >= 0.3 is 0 Å². The average molecular weight is 353 g/mol. The summed E-state index contributed by atoms with van der Waals surface area (Å²) in [6.45, 7) is 2.05. The van der Waals surface area contributed by atoms with E-state index in [1.165, 1.54) is 10.7 Å². The first-order chi connectivity index (χ1) is 12.4. The Morgan fingerprint density at radius 2 is 1.81 bits per heavy atom. The van der Waals surface area contributed by atoms with Crippen LogP contribution >= 0.6 is 0 Å². The Hall–Kier alpha value is -2.93. The van der Waals surface area contributed by atoms with E-state index < -0.39 is 0 Å². The molecule has 0 bridgehead atoms. The molecular formula is C19H23N5O2. The van der Waals surface area contributed by atoms with Crippen molar-refractivity contribution in [1.29, 1.82) is 0 Å². The number of hydrogen-bond donors (Lipinski definition) is 2. The maximum atomic E-state index is 12.3. The van der Waals surface area contributed by atoms with Gasteiger partial charge in [0.05, 0.1) is 11.4 Å². The first-order valence-corrected chi connectivity index (χ1v) is 8.46. The third-order valence-electron chi connectivity index (χ3n) is 4.50. The van der Waals surface area contributed by atoms with E-state index in [1.807, 2.05) is 38.4 Å². The molecule has 3 aromatic rings. The Labute approximate surface area is 151 Å². The van der Waals surface area contributed by atoms with E-state index in [0.717, 1.165) is 10.9 Å². The minimum Gasteiger partial charge on any atom is -0.364 e. The molecule has 0 aliphatic rings. The zero-order valence-electron chi connectivity index (χ0n) is 15.4. The topological polar surface area (TPSA) is 83.0 Å². The smallest absolute Gasteiger partial charge is 0.274 e. The van der Waals surface area contributed by atoms with Crippen LogP contribution in [0.4, 0.5) is 5.82 Å². The summed E-state index contributed by atoms with van der Waals surface area (Å²) in [5.41, 5.74) is 0.741. The van der Waals surface area contributed by atoms with Crippen LogP contribution in [0.5, 0.6) is 0 Å². The molecule has 7 heteroatoms. The number of likely N-dealkylation sites (N-methyl/N-ethyl adjacent to an activating group) is 1. The van der Waals surface area contributed by atoms with Gasteiger partial charge in [0, 0.05) is 30.7 Å². The average Bonchev–Trinajstić information content (AvgIpc) is 2.61. The van der Waals surface area contributed by atoms with Gasteiger partial charge in [0.1, 0.15) is 0 Å². The fourth-order valence-corrected chi connectivity index (χ4v) is 3.34. The van der Waals surface area contributed by atoms with Crippen LogP contribution in [-0.4, -0.2) is 39.8 Å². The lowest BCUT2D eigenvalue weighted by Gasteiger charge is -2.31. The number of aromatic amines is 1. The number of anilines is 1. The number of aromatic nitrogens is 3. The lowest BCUT2D eigenvalue weighted by atomic mass is 10.0. The van der Waals surface area contributed by atoms with Crippen molar-refractivity contribution in [3.8, 4) is 0 Å². The molecule has 0 amide bonds. The molecule has 0 unspecified atom stereocenters. The summed E-state index contributed by atoms with van der Waals surface area (Å²) >= 11 is 0. The van der Waals surface area contributed by atoms with Crippen molar-refractivity contribution in [1.82, 2.24) is 19.7 Å². The monoisotopic (exact) mass is 353 g/mol. The zero-order valence-corrected chi connectivity index (χ0v) is 15.4. The molecule has 0 fully saturated rings. The number of hydrogen-bond acceptors (Lipinski definition) is 5. The highest BCUT2D eigenvalue weighted by atomic mass is 16.1. The van der Waals surface area contributed by atoms with E-state index in [1.54, 1.807) is 19.3 Å². The SMILES string of the molecule is C[C@H](Nc1nn(C)c(=O)c2ccccc12)[C@H](c1ccc(=O)[nH]c1)N(C)C. The minimum absolute atomic E-state index is 0.00430. The van der Waals surface area contributed by atoms with Crippen molar-refractivity contribution in [3.05, 3.63) is 68.9 Å². The van der Waals surface area contributed by atoms with Crippen molar-refractivity contribution in [2.75, 3.05) is 19.4 Å². The van der Waals surface area contributed by atoms with E-state index in [4.69, 9.17) is 0 Å². The van der Waals surface area contributed by atoms with Gasteiger partial charge in [-0.15, -0.1) is 0 Å². The highest BCUT2D eigenvalue weighted by Gasteiger charge is 2.23. The lowest BCUT2D eigenvalue weighted by molar-refractivity contribution is 0.274. The molecule has 0 spiro atoms. The fraction of sp³-hybridized carbons (Fsp3) is 0.316. The van der Waals surface area contributed by atoms with Gasteiger partial charge in [-0.3, -0.25) is 9.59 Å². The maximum absolute atomic E-state index is 12.3. The molecule has 3 rings (SSSR count). The van der Waals surface area contributed by atoms with Crippen LogP contribution in [0.1, 0.15) is 18.5 Å². The Bertz CT molecular complexity index is 1020. The van der Waals surface area contributed by atoms with E-state index >= 15 is 0 Å². The van der Waals surface area contributed by atoms with Crippen molar-refractivity contribution >= 4 is 16.6 Å². The summed E-state index contributed by atoms with van der Waals surface area (Å²) in [6.07, 6.45) is 1.73. The maximum Gasteiger partial charge on any atom is 0.274 e. The van der Waals surface area contributed by atoms with Gasteiger partial charge in [0.2, 0.25) is 5.56 Å². The molecule has 26 heavy (non-hydrogen) atoms. The van der Waals surface area contributed by atoms with Gasteiger partial charge in [-0.05, 0) is 32.6 Å². The number of rotatable bonds is 5. The van der Waals surface area contributed by atoms with E-state index in [0.29, 0.717) is 11.2 Å². The molecule has 2 N–H and O–H groups in total. The summed E-state index contributed by atoms with van der Waals surface area (Å²) in [6, 6.07) is 10.8. The molecule has 2 heterocycles. The van der Waals surface area contributed by atoms with Gasteiger partial charge in [-0.2, -0.15) is 5.10 Å². The lowest BCUT2D eigenvalue weighted by Crippen LogP contribution is -2.35. The number of fused-ring (bicyclic) bond motifs is 1. The molecule has 2 aromatic heterocycles. The molecule has 0 radical (unpaired) electrons. The normalized spacial score (nSPS) is 13.7. The Balaban J connectivity index is 2.00. The van der Waals surface area contributed by atoms with Crippen molar-refractivity contribution in [3.63, 3.8) is 0 Å². The molecule has 7 nitrogen and oxygen atoms in total. The second-order valence-corrected chi connectivity index (χ2v) is 6.65. The Kier molecular flexibility index (Phi) is 4.90. The predicted octanol–water partition coefficient (Wildman–Crippen LogP) is 1.73. The van der Waals surface area contributed by atoms with E-state index in [9.17, 15) is 9.59 Å². The second-order valence-electron chi connectivity index (χ2n) is 6.65. The van der Waals surface area contributed by atoms with Gasteiger partial charge in [-0.25, -0.2) is 4.68 Å². The summed E-state index contributed by atoms with van der Waals surface area (Å²) in [5.74, 6) is 0.659. The van der Waals surface area contributed by atoms with Crippen LogP contribution in [-0.2, 0) is 7.05 Å². The van der Waals surface area contributed by atoms with E-state index in [2.05, 4.69) is 27.2 Å². The standard InChI is InChI=1S/C19H23N5O2/c1-12(17(23(2)3)13-9-10-16(25)20-11-13)21-18-14-7-5-6-8-15(14)19(26)24(4)22-18/h5-12,17H,1-4H3,(H,20,25)(H,21,22)/t12-,17+/m0/s1. The highest BCUT2D eigenvalue weighted by molar-refractivity contribution is 5.90. The number of aryl methyl sites for hydroxylation is 1. The third-order valence-corrected chi connectivity index (χ3v) is 4.50. The minimum atomic E-state index is -0.127. The largest absolute Gasteiger partial charge is 0.364 e. The van der Waals surface area contributed by atoms with Gasteiger partial charge < -0.3 is 15.2 Å². The zero-order chi connectivity index (χ0) is 18.8. The molecule has 1 aromatic carbocycles. The van der Waals surface area contributed by atoms with Crippen molar-refractivity contribution in [2.45, 2.75) is 19.0 Å². The summed E-state index contributed by atoms with van der Waals surface area (Å²) in [5, 5.41) is 9.27. The van der Waals surface area contributed by atoms with Crippen LogP contribution in [0.2, 0.25) is 0 Å². The Morgan fingerprint density at radius 1 is 1.12 bits per heavy atom.